The van der Waals surface area contributed by atoms with Crippen molar-refractivity contribution >= 4 is 29.1 Å². The molecule has 5 heteroatoms. The van der Waals surface area contributed by atoms with Gasteiger partial charge in [0.15, 0.2) is 0 Å². The van der Waals surface area contributed by atoms with Gasteiger partial charge in [-0.2, -0.15) is 0 Å². The van der Waals surface area contributed by atoms with Gasteiger partial charge in [-0.15, -0.1) is 0 Å². The number of rotatable bonds is 8. The molecule has 0 aromatic heterocycles. The Morgan fingerprint density at radius 3 is 2.38 bits per heavy atom. The first-order valence-corrected chi connectivity index (χ1v) is 8.67. The number of carbonyl (C=O) groups is 1. The zero-order valence-electron chi connectivity index (χ0n) is 13.6. The molecule has 0 aliphatic heterocycles. The highest BCUT2D eigenvalue weighted by Crippen LogP contribution is 2.23. The van der Waals surface area contributed by atoms with Crippen LogP contribution >= 0.6 is 23.2 Å². The molecule has 2 aromatic carbocycles. The fourth-order valence-electron chi connectivity index (χ4n) is 2.35. The van der Waals surface area contributed by atoms with E-state index in [1.54, 1.807) is 19.2 Å². The summed E-state index contributed by atoms with van der Waals surface area (Å²) < 4.78 is 5.13. The summed E-state index contributed by atoms with van der Waals surface area (Å²) in [4.78, 5) is 11.9. The average Bonchev–Trinajstić information content (AvgIpc) is 2.60. The largest absolute Gasteiger partial charge is 0.497 e. The van der Waals surface area contributed by atoms with Crippen molar-refractivity contribution in [2.45, 2.75) is 25.7 Å². The van der Waals surface area contributed by atoms with E-state index < -0.39 is 0 Å². The Labute approximate surface area is 152 Å². The van der Waals surface area contributed by atoms with Crippen molar-refractivity contribution in [1.82, 2.24) is 5.32 Å². The molecule has 0 aliphatic carbocycles. The lowest BCUT2D eigenvalue weighted by molar-refractivity contribution is -0.121. The third kappa shape index (κ3) is 6.06. The van der Waals surface area contributed by atoms with Crippen molar-refractivity contribution in [3.05, 3.63) is 63.6 Å². The van der Waals surface area contributed by atoms with Gasteiger partial charge in [0.2, 0.25) is 5.91 Å². The Bertz CT molecular complexity index is 672. The molecule has 0 saturated carbocycles. The highest BCUT2D eigenvalue weighted by molar-refractivity contribution is 6.42. The van der Waals surface area contributed by atoms with Crippen molar-refractivity contribution in [3.63, 3.8) is 0 Å². The minimum atomic E-state index is 0.0517. The number of benzene rings is 2. The molecule has 1 amide bonds. The molecule has 1 N–H and O–H groups in total. The summed E-state index contributed by atoms with van der Waals surface area (Å²) in [6.07, 6.45) is 2.93. The summed E-state index contributed by atoms with van der Waals surface area (Å²) in [5, 5.41) is 4.00. The van der Waals surface area contributed by atoms with E-state index in [0.717, 1.165) is 24.2 Å². The van der Waals surface area contributed by atoms with Gasteiger partial charge >= 0.3 is 0 Å². The number of hydrogen-bond donors (Lipinski definition) is 1. The normalized spacial score (nSPS) is 10.5. The summed E-state index contributed by atoms with van der Waals surface area (Å²) in [5.74, 6) is 0.908. The SMILES string of the molecule is COc1ccc(CCCNC(=O)CCc2ccc(Cl)c(Cl)c2)cc1. The number of halogens is 2. The van der Waals surface area contributed by atoms with Gasteiger partial charge in [-0.25, -0.2) is 0 Å². The lowest BCUT2D eigenvalue weighted by Crippen LogP contribution is -2.24. The van der Waals surface area contributed by atoms with Gasteiger partial charge in [0.25, 0.3) is 0 Å². The molecule has 24 heavy (non-hydrogen) atoms. The maximum atomic E-state index is 11.9. The second-order valence-electron chi connectivity index (χ2n) is 5.55. The second kappa shape index (κ2) is 9.55. The van der Waals surface area contributed by atoms with Crippen molar-refractivity contribution in [2.24, 2.45) is 0 Å². The summed E-state index contributed by atoms with van der Waals surface area (Å²) in [5.41, 5.74) is 2.25. The first-order chi connectivity index (χ1) is 11.6. The molecule has 0 radical (unpaired) electrons. The topological polar surface area (TPSA) is 38.3 Å². The van der Waals surface area contributed by atoms with Crippen LogP contribution in [0.4, 0.5) is 0 Å². The van der Waals surface area contributed by atoms with E-state index in [4.69, 9.17) is 27.9 Å². The molecular formula is C19H21Cl2NO2. The zero-order chi connectivity index (χ0) is 17.4. The summed E-state index contributed by atoms with van der Waals surface area (Å²) in [7, 11) is 1.66. The van der Waals surface area contributed by atoms with E-state index in [1.807, 2.05) is 30.3 Å². The van der Waals surface area contributed by atoms with Gasteiger partial charge in [-0.3, -0.25) is 4.79 Å². The van der Waals surface area contributed by atoms with Crippen molar-refractivity contribution < 1.29 is 9.53 Å². The van der Waals surface area contributed by atoms with Gasteiger partial charge in [-0.1, -0.05) is 41.4 Å². The van der Waals surface area contributed by atoms with Crippen LogP contribution in [0.2, 0.25) is 10.0 Å². The molecule has 3 nitrogen and oxygen atoms in total. The molecule has 0 aliphatic rings. The van der Waals surface area contributed by atoms with Gasteiger partial charge < -0.3 is 10.1 Å². The molecule has 128 valence electrons. The van der Waals surface area contributed by atoms with E-state index in [1.165, 1.54) is 5.56 Å². The van der Waals surface area contributed by atoms with E-state index in [2.05, 4.69) is 5.32 Å². The minimum Gasteiger partial charge on any atom is -0.497 e. The Hall–Kier alpha value is -1.71. The van der Waals surface area contributed by atoms with Crippen LogP contribution in [-0.4, -0.2) is 19.6 Å². The Kier molecular flexibility index (Phi) is 7.41. The van der Waals surface area contributed by atoms with E-state index in [9.17, 15) is 4.79 Å². The monoisotopic (exact) mass is 365 g/mol. The third-order valence-corrected chi connectivity index (χ3v) is 4.49. The maximum Gasteiger partial charge on any atom is 0.220 e. The molecule has 0 spiro atoms. The average molecular weight is 366 g/mol. The van der Waals surface area contributed by atoms with Crippen LogP contribution in [0, 0.1) is 0 Å². The molecule has 2 aromatic rings. The summed E-state index contributed by atoms with van der Waals surface area (Å²) >= 11 is 11.8. The number of aryl methyl sites for hydroxylation is 2. The second-order valence-corrected chi connectivity index (χ2v) is 6.36. The first-order valence-electron chi connectivity index (χ1n) is 7.92. The quantitative estimate of drug-likeness (QED) is 0.689. The van der Waals surface area contributed by atoms with Crippen LogP contribution in [0.1, 0.15) is 24.0 Å². The van der Waals surface area contributed by atoms with Gasteiger partial charge in [0, 0.05) is 13.0 Å². The summed E-state index contributed by atoms with van der Waals surface area (Å²) in [6, 6.07) is 13.4. The molecule has 0 bridgehead atoms. The minimum absolute atomic E-state index is 0.0517. The van der Waals surface area contributed by atoms with E-state index in [0.29, 0.717) is 29.4 Å². The van der Waals surface area contributed by atoms with Crippen molar-refractivity contribution in [2.75, 3.05) is 13.7 Å². The Morgan fingerprint density at radius 1 is 1.00 bits per heavy atom. The Balaban J connectivity index is 1.64. The van der Waals surface area contributed by atoms with E-state index in [-0.39, 0.29) is 5.91 Å². The number of carbonyl (C=O) groups excluding carboxylic acids is 1. The summed E-state index contributed by atoms with van der Waals surface area (Å²) in [6.45, 7) is 0.673. The Morgan fingerprint density at radius 2 is 1.71 bits per heavy atom. The highest BCUT2D eigenvalue weighted by atomic mass is 35.5. The number of amides is 1. The smallest absolute Gasteiger partial charge is 0.220 e. The predicted octanol–water partition coefficient (Wildman–Crippen LogP) is 4.68. The maximum absolute atomic E-state index is 11.9. The molecule has 0 saturated heterocycles. The lowest BCUT2D eigenvalue weighted by Gasteiger charge is -2.07. The van der Waals surface area contributed by atoms with Crippen LogP contribution in [0.25, 0.3) is 0 Å². The molecule has 0 atom stereocenters. The van der Waals surface area contributed by atoms with Crippen molar-refractivity contribution in [1.29, 1.82) is 0 Å². The fourth-order valence-corrected chi connectivity index (χ4v) is 2.67. The predicted molar refractivity (Wildman–Crippen MR) is 99.1 cm³/mol. The first kappa shape index (κ1) is 18.6. The number of methoxy groups -OCH3 is 1. The zero-order valence-corrected chi connectivity index (χ0v) is 15.2. The highest BCUT2D eigenvalue weighted by Gasteiger charge is 2.04. The molecule has 0 unspecified atom stereocenters. The van der Waals surface area contributed by atoms with Crippen LogP contribution in [0.3, 0.4) is 0 Å². The lowest BCUT2D eigenvalue weighted by atomic mass is 10.1. The molecule has 2 rings (SSSR count). The number of ether oxygens (including phenoxy) is 1. The number of nitrogens with one attached hydrogen (secondary N) is 1. The van der Waals surface area contributed by atoms with Crippen LogP contribution in [0.15, 0.2) is 42.5 Å². The molecular weight excluding hydrogens is 345 g/mol. The van der Waals surface area contributed by atoms with E-state index >= 15 is 0 Å². The van der Waals surface area contributed by atoms with Gasteiger partial charge in [0.1, 0.15) is 5.75 Å². The molecule has 0 heterocycles. The standard InChI is InChI=1S/C19H21Cl2NO2/c1-24-16-8-4-14(5-9-16)3-2-12-22-19(23)11-7-15-6-10-17(20)18(21)13-15/h4-6,8-10,13H,2-3,7,11-12H2,1H3,(H,22,23). The third-order valence-electron chi connectivity index (χ3n) is 3.75. The van der Waals surface area contributed by atoms with Crippen molar-refractivity contribution in [3.8, 4) is 5.75 Å². The van der Waals surface area contributed by atoms with Gasteiger partial charge in [0.05, 0.1) is 17.2 Å². The van der Waals surface area contributed by atoms with Gasteiger partial charge in [-0.05, 0) is 54.7 Å². The van der Waals surface area contributed by atoms with Crippen LogP contribution < -0.4 is 10.1 Å². The number of hydrogen-bond acceptors (Lipinski definition) is 2. The molecule has 0 fully saturated rings. The van der Waals surface area contributed by atoms with Crippen LogP contribution in [0.5, 0.6) is 5.75 Å². The fraction of sp³-hybridized carbons (Fsp3) is 0.316. The van der Waals surface area contributed by atoms with Crippen LogP contribution in [-0.2, 0) is 17.6 Å².